The van der Waals surface area contributed by atoms with Gasteiger partial charge in [-0.3, -0.25) is 0 Å². The maximum atomic E-state index is 12.1. The number of aryl methyl sites for hydroxylation is 1. The van der Waals surface area contributed by atoms with E-state index in [1.165, 1.54) is 0 Å². The third kappa shape index (κ3) is 3.35. The number of carbonyl (C=O) groups excluding carboxylic acids is 1. The predicted molar refractivity (Wildman–Crippen MR) is 81.3 cm³/mol. The zero-order valence-corrected chi connectivity index (χ0v) is 12.5. The highest BCUT2D eigenvalue weighted by molar-refractivity contribution is 5.94. The summed E-state index contributed by atoms with van der Waals surface area (Å²) in [6, 6.07) is 6.92. The highest BCUT2D eigenvalue weighted by Crippen LogP contribution is 2.34. The van der Waals surface area contributed by atoms with E-state index in [9.17, 15) is 14.7 Å². The Morgan fingerprint density at radius 3 is 2.48 bits per heavy atom. The molecule has 0 spiro atoms. The Hall–Kier alpha value is -2.04. The largest absolute Gasteiger partial charge is 0.479 e. The molecule has 1 saturated carbocycles. The van der Waals surface area contributed by atoms with E-state index in [0.29, 0.717) is 12.1 Å². The fourth-order valence-electron chi connectivity index (χ4n) is 2.91. The van der Waals surface area contributed by atoms with Crippen molar-refractivity contribution in [2.24, 2.45) is 5.92 Å². The predicted octanol–water partition coefficient (Wildman–Crippen LogP) is 3.15. The number of carboxylic acid groups (broad SMARTS) is 1. The number of hydrogen-bond donors (Lipinski definition) is 3. The number of nitrogens with one attached hydrogen (secondary N) is 2. The Bertz CT molecular complexity index is 527. The van der Waals surface area contributed by atoms with Gasteiger partial charge in [-0.05, 0) is 37.8 Å². The van der Waals surface area contributed by atoms with Crippen LogP contribution in [0.5, 0.6) is 0 Å². The van der Waals surface area contributed by atoms with Crippen molar-refractivity contribution in [3.8, 4) is 0 Å². The van der Waals surface area contributed by atoms with E-state index < -0.39 is 17.5 Å². The van der Waals surface area contributed by atoms with Crippen molar-refractivity contribution in [1.82, 2.24) is 5.32 Å². The topological polar surface area (TPSA) is 78.4 Å². The van der Waals surface area contributed by atoms with Crippen molar-refractivity contribution >= 4 is 17.7 Å². The average Bonchev–Trinajstić information content (AvgIpc) is 2.44. The normalized spacial score (nSPS) is 25.1. The molecular formula is C16H22N2O3. The SMILES string of the molecule is Cc1ccc(NC(=O)NC2(C(=O)O)CCCCC2C)cc1. The molecule has 1 aromatic rings. The van der Waals surface area contributed by atoms with Gasteiger partial charge in [0.1, 0.15) is 5.54 Å². The van der Waals surface area contributed by atoms with E-state index in [2.05, 4.69) is 10.6 Å². The maximum Gasteiger partial charge on any atom is 0.329 e. The first-order chi connectivity index (χ1) is 9.94. The van der Waals surface area contributed by atoms with Crippen LogP contribution in [0.3, 0.4) is 0 Å². The lowest BCUT2D eigenvalue weighted by Gasteiger charge is -2.39. The molecule has 2 rings (SSSR count). The van der Waals surface area contributed by atoms with Gasteiger partial charge in [0.15, 0.2) is 0 Å². The molecule has 2 amide bonds. The summed E-state index contributed by atoms with van der Waals surface area (Å²) in [7, 11) is 0. The number of carboxylic acids is 1. The Morgan fingerprint density at radius 1 is 1.24 bits per heavy atom. The highest BCUT2D eigenvalue weighted by Gasteiger charge is 2.46. The highest BCUT2D eigenvalue weighted by atomic mass is 16.4. The molecule has 0 aliphatic heterocycles. The summed E-state index contributed by atoms with van der Waals surface area (Å²) in [4.78, 5) is 23.8. The van der Waals surface area contributed by atoms with Crippen LogP contribution < -0.4 is 10.6 Å². The second-order valence-electron chi connectivity index (χ2n) is 5.87. The molecule has 0 radical (unpaired) electrons. The van der Waals surface area contributed by atoms with Crippen LogP contribution >= 0.6 is 0 Å². The molecule has 5 heteroatoms. The van der Waals surface area contributed by atoms with Crippen molar-refractivity contribution in [1.29, 1.82) is 0 Å². The van der Waals surface area contributed by atoms with E-state index in [4.69, 9.17) is 0 Å². The van der Waals surface area contributed by atoms with Crippen LogP contribution in [-0.4, -0.2) is 22.6 Å². The second-order valence-corrected chi connectivity index (χ2v) is 5.87. The van der Waals surface area contributed by atoms with Crippen LogP contribution in [0.2, 0.25) is 0 Å². The molecular weight excluding hydrogens is 268 g/mol. The van der Waals surface area contributed by atoms with Gasteiger partial charge in [0.05, 0.1) is 0 Å². The Labute approximate surface area is 124 Å². The molecule has 21 heavy (non-hydrogen) atoms. The summed E-state index contributed by atoms with van der Waals surface area (Å²) >= 11 is 0. The lowest BCUT2D eigenvalue weighted by atomic mass is 9.73. The van der Waals surface area contributed by atoms with Crippen LogP contribution in [0.1, 0.15) is 38.2 Å². The molecule has 1 fully saturated rings. The van der Waals surface area contributed by atoms with Crippen LogP contribution in [-0.2, 0) is 4.79 Å². The number of amides is 2. The molecule has 114 valence electrons. The fraction of sp³-hybridized carbons (Fsp3) is 0.500. The summed E-state index contributed by atoms with van der Waals surface area (Å²) in [6.07, 6.45) is 3.13. The van der Waals surface area contributed by atoms with Crippen LogP contribution in [0, 0.1) is 12.8 Å². The third-order valence-electron chi connectivity index (χ3n) is 4.33. The minimum atomic E-state index is -1.16. The average molecular weight is 290 g/mol. The minimum absolute atomic E-state index is 0.0764. The van der Waals surface area contributed by atoms with Gasteiger partial charge in [0.25, 0.3) is 0 Å². The van der Waals surface area contributed by atoms with E-state index in [0.717, 1.165) is 24.8 Å². The van der Waals surface area contributed by atoms with Crippen molar-refractivity contribution in [3.05, 3.63) is 29.8 Å². The van der Waals surface area contributed by atoms with Crippen molar-refractivity contribution < 1.29 is 14.7 Å². The monoisotopic (exact) mass is 290 g/mol. The number of benzene rings is 1. The number of rotatable bonds is 3. The molecule has 2 atom stereocenters. The number of anilines is 1. The molecule has 1 aromatic carbocycles. The number of hydrogen-bond acceptors (Lipinski definition) is 2. The van der Waals surface area contributed by atoms with Crippen molar-refractivity contribution in [3.63, 3.8) is 0 Å². The van der Waals surface area contributed by atoms with Gasteiger partial charge in [0.2, 0.25) is 0 Å². The molecule has 0 heterocycles. The third-order valence-corrected chi connectivity index (χ3v) is 4.33. The molecule has 5 nitrogen and oxygen atoms in total. The van der Waals surface area contributed by atoms with Gasteiger partial charge in [0, 0.05) is 5.69 Å². The Balaban J connectivity index is 2.08. The maximum absolute atomic E-state index is 12.1. The summed E-state index contributed by atoms with van der Waals surface area (Å²) in [6.45, 7) is 3.85. The van der Waals surface area contributed by atoms with Crippen LogP contribution in [0.25, 0.3) is 0 Å². The van der Waals surface area contributed by atoms with Gasteiger partial charge in [-0.25, -0.2) is 9.59 Å². The van der Waals surface area contributed by atoms with Gasteiger partial charge < -0.3 is 15.7 Å². The molecule has 0 bridgehead atoms. The molecule has 2 unspecified atom stereocenters. The number of carbonyl (C=O) groups is 2. The summed E-state index contributed by atoms with van der Waals surface area (Å²) in [5, 5.41) is 15.0. The number of aliphatic carboxylic acids is 1. The first-order valence-corrected chi connectivity index (χ1v) is 7.33. The molecule has 1 aliphatic carbocycles. The Kier molecular flexibility index (Phi) is 4.50. The number of urea groups is 1. The molecule has 3 N–H and O–H groups in total. The van der Waals surface area contributed by atoms with E-state index in [1.54, 1.807) is 12.1 Å². The van der Waals surface area contributed by atoms with E-state index in [-0.39, 0.29) is 5.92 Å². The lowest BCUT2D eigenvalue weighted by Crippen LogP contribution is -2.60. The molecule has 0 saturated heterocycles. The summed E-state index contributed by atoms with van der Waals surface area (Å²) in [5.74, 6) is -1.03. The van der Waals surface area contributed by atoms with Gasteiger partial charge in [-0.15, -0.1) is 0 Å². The van der Waals surface area contributed by atoms with Crippen molar-refractivity contribution in [2.45, 2.75) is 45.1 Å². The quantitative estimate of drug-likeness (QED) is 0.800. The molecule has 0 aromatic heterocycles. The second kappa shape index (κ2) is 6.16. The summed E-state index contributed by atoms with van der Waals surface area (Å²) in [5.41, 5.74) is 0.596. The molecule has 1 aliphatic rings. The lowest BCUT2D eigenvalue weighted by molar-refractivity contribution is -0.148. The van der Waals surface area contributed by atoms with Gasteiger partial charge in [-0.1, -0.05) is 37.5 Å². The first kappa shape index (κ1) is 15.4. The minimum Gasteiger partial charge on any atom is -0.479 e. The Morgan fingerprint density at radius 2 is 1.90 bits per heavy atom. The first-order valence-electron chi connectivity index (χ1n) is 7.33. The zero-order chi connectivity index (χ0) is 15.5. The van der Waals surface area contributed by atoms with E-state index in [1.807, 2.05) is 26.0 Å². The standard InChI is InChI=1S/C16H22N2O3/c1-11-6-8-13(9-7-11)17-15(21)18-16(14(19)20)10-4-3-5-12(16)2/h6-9,12H,3-5,10H2,1-2H3,(H,19,20)(H2,17,18,21). The van der Waals surface area contributed by atoms with Crippen LogP contribution in [0.15, 0.2) is 24.3 Å². The van der Waals surface area contributed by atoms with E-state index >= 15 is 0 Å². The fourth-order valence-corrected chi connectivity index (χ4v) is 2.91. The zero-order valence-electron chi connectivity index (χ0n) is 12.5. The summed E-state index contributed by atoms with van der Waals surface area (Å²) < 4.78 is 0. The van der Waals surface area contributed by atoms with Gasteiger partial charge >= 0.3 is 12.0 Å². The van der Waals surface area contributed by atoms with Crippen molar-refractivity contribution in [2.75, 3.05) is 5.32 Å². The van der Waals surface area contributed by atoms with Gasteiger partial charge in [-0.2, -0.15) is 0 Å². The van der Waals surface area contributed by atoms with Crippen LogP contribution in [0.4, 0.5) is 10.5 Å². The smallest absolute Gasteiger partial charge is 0.329 e.